The van der Waals surface area contributed by atoms with Crippen LogP contribution < -0.4 is 15.6 Å². The van der Waals surface area contributed by atoms with Crippen LogP contribution >= 0.6 is 22.9 Å². The summed E-state index contributed by atoms with van der Waals surface area (Å²) in [6, 6.07) is 15.3. The highest BCUT2D eigenvalue weighted by Crippen LogP contribution is 2.36. The summed E-state index contributed by atoms with van der Waals surface area (Å²) >= 11 is 7.08. The molecule has 3 rings (SSSR count). The second-order valence-electron chi connectivity index (χ2n) is 10.7. The third kappa shape index (κ3) is 7.49. The quantitative estimate of drug-likeness (QED) is 0.150. The van der Waals surface area contributed by atoms with E-state index in [0.717, 1.165) is 11.3 Å². The highest BCUT2D eigenvalue weighted by molar-refractivity contribution is 7.18. The molecule has 40 heavy (non-hydrogen) atoms. The molecule has 0 bridgehead atoms. The van der Waals surface area contributed by atoms with Gasteiger partial charge in [0, 0.05) is 5.69 Å². The van der Waals surface area contributed by atoms with E-state index in [4.69, 9.17) is 22.6 Å². The van der Waals surface area contributed by atoms with Crippen molar-refractivity contribution in [3.63, 3.8) is 0 Å². The first-order chi connectivity index (χ1) is 18.8. The van der Waals surface area contributed by atoms with Crippen molar-refractivity contribution >= 4 is 60.1 Å². The Morgan fingerprint density at radius 3 is 2.35 bits per heavy atom. The molecule has 0 saturated heterocycles. The number of nitriles is 1. The lowest BCUT2D eigenvalue weighted by molar-refractivity contribution is 0.102. The van der Waals surface area contributed by atoms with Gasteiger partial charge in [-0.3, -0.25) is 9.59 Å². The molecule has 2 amide bonds. The molecule has 3 aromatic rings. The molecule has 0 aliphatic carbocycles. The van der Waals surface area contributed by atoms with E-state index >= 15 is 0 Å². The average molecular weight is 594 g/mol. The summed E-state index contributed by atoms with van der Waals surface area (Å²) in [4.78, 5) is 30.0. The average Bonchev–Trinajstić information content (AvgIpc) is 3.33. The first-order valence-electron chi connectivity index (χ1n) is 12.6. The van der Waals surface area contributed by atoms with Crippen molar-refractivity contribution < 1.29 is 14.0 Å². The number of nitrogens with zero attached hydrogens (tertiary/aromatic N) is 3. The molecule has 1 aromatic heterocycles. The molecule has 2 N–H and O–H groups in total. The van der Waals surface area contributed by atoms with Crippen LogP contribution in [-0.2, 0) is 4.43 Å². The number of amides is 2. The van der Waals surface area contributed by atoms with E-state index in [1.807, 2.05) is 0 Å². The Morgan fingerprint density at radius 2 is 1.80 bits per heavy atom. The third-order valence-electron chi connectivity index (χ3n) is 6.89. The minimum Gasteiger partial charge on any atom is -0.415 e. The zero-order valence-electron chi connectivity index (χ0n) is 23.4. The number of hydrogen-bond acceptors (Lipinski definition) is 6. The van der Waals surface area contributed by atoms with Crippen molar-refractivity contribution in [1.29, 1.82) is 5.26 Å². The summed E-state index contributed by atoms with van der Waals surface area (Å²) < 4.78 is 6.68. The maximum Gasteiger partial charge on any atom is 0.265 e. The van der Waals surface area contributed by atoms with Gasteiger partial charge in [0.15, 0.2) is 8.32 Å². The standard InChI is InChI=1S/C29H32ClN5O3SSi/c1-19-16-24(34-28(37)25-12-13-26(30)39-25)23(17-20(19)18-31)27(36)33-21-8-10-22(11-9-21)35(32-5)14-15-38-40(6,7)29(2,3)4/h8-13,16-17H,14-15H2,1-4,6-7H3,(H,33,36)(H,34,37). The Kier molecular flexibility index (Phi) is 9.77. The molecule has 0 aliphatic rings. The predicted octanol–water partition coefficient (Wildman–Crippen LogP) is 7.75. The lowest BCUT2D eigenvalue weighted by atomic mass is 10.0. The van der Waals surface area contributed by atoms with Gasteiger partial charge in [0.25, 0.3) is 11.8 Å². The second-order valence-corrected chi connectivity index (χ2v) is 17.2. The summed E-state index contributed by atoms with van der Waals surface area (Å²) in [5, 5.41) is 16.7. The number of nitrogens with one attached hydrogen (secondary N) is 2. The lowest BCUT2D eigenvalue weighted by Gasteiger charge is -2.36. The maximum absolute atomic E-state index is 13.3. The molecule has 11 heteroatoms. The van der Waals surface area contributed by atoms with Crippen molar-refractivity contribution in [1.82, 2.24) is 0 Å². The monoisotopic (exact) mass is 593 g/mol. The Labute approximate surface area is 245 Å². The number of carbonyl (C=O) groups excluding carboxylic acids is 2. The van der Waals surface area contributed by atoms with E-state index < -0.39 is 20.1 Å². The summed E-state index contributed by atoms with van der Waals surface area (Å²) in [7, 11) is -1.92. The summed E-state index contributed by atoms with van der Waals surface area (Å²) in [6.45, 7) is 21.1. The van der Waals surface area contributed by atoms with Gasteiger partial charge in [-0.2, -0.15) is 16.8 Å². The van der Waals surface area contributed by atoms with Crippen molar-refractivity contribution in [2.45, 2.75) is 45.8 Å². The summed E-state index contributed by atoms with van der Waals surface area (Å²) in [5.41, 5.74) is 2.55. The molecule has 0 unspecified atom stereocenters. The number of hydrogen-bond donors (Lipinski definition) is 2. The molecule has 1 heterocycles. The van der Waals surface area contributed by atoms with E-state index in [1.165, 1.54) is 11.1 Å². The minimum atomic E-state index is -1.92. The zero-order chi connectivity index (χ0) is 29.7. The van der Waals surface area contributed by atoms with Gasteiger partial charge in [-0.25, -0.2) is 0 Å². The van der Waals surface area contributed by atoms with Crippen molar-refractivity contribution in [2.24, 2.45) is 0 Å². The Morgan fingerprint density at radius 1 is 1.12 bits per heavy atom. The number of carbonyl (C=O) groups is 2. The third-order valence-corrected chi connectivity index (χ3v) is 12.7. The van der Waals surface area contributed by atoms with E-state index in [9.17, 15) is 14.9 Å². The molecular formula is C29H32ClN5O3SSi. The normalized spacial score (nSPS) is 11.3. The van der Waals surface area contributed by atoms with Gasteiger partial charge >= 0.3 is 0 Å². The van der Waals surface area contributed by atoms with Gasteiger partial charge < -0.3 is 15.1 Å². The van der Waals surface area contributed by atoms with E-state index in [1.54, 1.807) is 49.4 Å². The van der Waals surface area contributed by atoms with Crippen LogP contribution in [-0.4, -0.2) is 33.3 Å². The largest absolute Gasteiger partial charge is 0.415 e. The predicted molar refractivity (Wildman–Crippen MR) is 165 cm³/mol. The van der Waals surface area contributed by atoms with Crippen molar-refractivity contribution in [2.75, 3.05) is 28.8 Å². The molecule has 208 valence electrons. The van der Waals surface area contributed by atoms with Gasteiger partial charge in [0.2, 0.25) is 0 Å². The van der Waals surface area contributed by atoms with Crippen LogP contribution in [0.4, 0.5) is 17.1 Å². The van der Waals surface area contributed by atoms with Crippen LogP contribution in [0.1, 0.15) is 51.9 Å². The molecule has 0 fully saturated rings. The molecule has 8 nitrogen and oxygen atoms in total. The Bertz CT molecular complexity index is 1480. The van der Waals surface area contributed by atoms with E-state index in [2.05, 4.69) is 55.5 Å². The van der Waals surface area contributed by atoms with Gasteiger partial charge in [-0.15, -0.1) is 11.3 Å². The molecule has 0 spiro atoms. The van der Waals surface area contributed by atoms with Gasteiger partial charge in [0.05, 0.1) is 38.7 Å². The molecule has 0 atom stereocenters. The van der Waals surface area contributed by atoms with Crippen LogP contribution in [0.25, 0.3) is 4.95 Å². The number of benzene rings is 2. The fourth-order valence-electron chi connectivity index (χ4n) is 3.50. The Hall–Kier alpha value is -3.67. The van der Waals surface area contributed by atoms with E-state index in [0.29, 0.717) is 44.9 Å². The van der Waals surface area contributed by atoms with Crippen LogP contribution in [0.5, 0.6) is 0 Å². The zero-order valence-corrected chi connectivity index (χ0v) is 26.0. The van der Waals surface area contributed by atoms with Crippen LogP contribution in [0, 0.1) is 24.8 Å². The van der Waals surface area contributed by atoms with E-state index in [-0.39, 0.29) is 16.3 Å². The van der Waals surface area contributed by atoms with Crippen molar-refractivity contribution in [3.05, 3.63) is 86.0 Å². The highest BCUT2D eigenvalue weighted by atomic mass is 35.5. The van der Waals surface area contributed by atoms with Crippen molar-refractivity contribution in [3.8, 4) is 6.07 Å². The first kappa shape index (κ1) is 30.9. The van der Waals surface area contributed by atoms with Gasteiger partial charge in [-0.1, -0.05) is 37.4 Å². The first-order valence-corrected chi connectivity index (χ1v) is 16.7. The number of rotatable bonds is 9. The molecule has 2 aromatic carbocycles. The van der Waals surface area contributed by atoms with Crippen LogP contribution in [0.15, 0.2) is 48.5 Å². The molecule has 0 radical (unpaired) electrons. The lowest BCUT2D eigenvalue weighted by Crippen LogP contribution is -2.42. The SMILES string of the molecule is [C-]#[N+]N(CCO[Si](C)(C)C(C)(C)C)c1ccc(NC(=O)c2cc(C#N)c(C)cc2NC(=O)c2ccc(Cl)s2)cc1. The summed E-state index contributed by atoms with van der Waals surface area (Å²) in [6.07, 6.45) is 0. The minimum absolute atomic E-state index is 0.0849. The second kappa shape index (κ2) is 12.7. The smallest absolute Gasteiger partial charge is 0.265 e. The molecule has 0 aliphatic heterocycles. The van der Waals surface area contributed by atoms with Gasteiger partial charge in [-0.05, 0) is 79.2 Å². The van der Waals surface area contributed by atoms with Gasteiger partial charge in [0.1, 0.15) is 12.2 Å². The topological polar surface area (TPSA) is 98.8 Å². The fourth-order valence-corrected chi connectivity index (χ4v) is 5.47. The number of halogens is 1. The highest BCUT2D eigenvalue weighted by Gasteiger charge is 2.37. The number of thiophene rings is 1. The van der Waals surface area contributed by atoms with Crippen LogP contribution in [0.2, 0.25) is 22.5 Å². The fraction of sp³-hybridized carbons (Fsp3) is 0.310. The Balaban J connectivity index is 1.74. The molecule has 0 saturated carbocycles. The summed E-state index contributed by atoms with van der Waals surface area (Å²) in [5.74, 6) is -0.898. The maximum atomic E-state index is 13.3. The molecular weight excluding hydrogens is 562 g/mol. The van der Waals surface area contributed by atoms with Crippen LogP contribution in [0.3, 0.4) is 0 Å². The number of aryl methyl sites for hydroxylation is 1. The number of anilines is 3.